The molecule has 4 nitrogen and oxygen atoms in total. The van der Waals surface area contributed by atoms with E-state index < -0.39 is 0 Å². The molecule has 1 aliphatic heterocycles. The molecular formula is C18H24ClN3OS. The minimum absolute atomic E-state index is 0.0219. The Balaban J connectivity index is 1.63. The predicted octanol–water partition coefficient (Wildman–Crippen LogP) is 3.64. The molecule has 1 atom stereocenters. The second-order valence-electron chi connectivity index (χ2n) is 6.94. The van der Waals surface area contributed by atoms with Gasteiger partial charge in [0.1, 0.15) is 0 Å². The molecule has 2 fully saturated rings. The molecule has 2 aliphatic rings. The normalized spacial score (nSPS) is 20.6. The first-order valence-corrected chi connectivity index (χ1v) is 9.35. The van der Waals surface area contributed by atoms with Gasteiger partial charge in [-0.15, -0.1) is 0 Å². The molecule has 0 aromatic heterocycles. The highest BCUT2D eigenvalue weighted by molar-refractivity contribution is 7.80. The average molecular weight is 366 g/mol. The summed E-state index contributed by atoms with van der Waals surface area (Å²) in [7, 11) is 0. The van der Waals surface area contributed by atoms with Crippen LogP contribution in [0.5, 0.6) is 0 Å². The molecule has 24 heavy (non-hydrogen) atoms. The first-order valence-electron chi connectivity index (χ1n) is 8.57. The number of hydrogen-bond donors (Lipinski definition) is 2. The monoisotopic (exact) mass is 365 g/mol. The summed E-state index contributed by atoms with van der Waals surface area (Å²) in [5.41, 5.74) is 3.06. The molecule has 130 valence electrons. The van der Waals surface area contributed by atoms with Crippen molar-refractivity contribution in [1.82, 2.24) is 10.2 Å². The largest absolute Gasteiger partial charge is 0.353 e. The highest BCUT2D eigenvalue weighted by Crippen LogP contribution is 2.28. The number of amides is 1. The second kappa shape index (κ2) is 7.28. The molecule has 0 radical (unpaired) electrons. The van der Waals surface area contributed by atoms with E-state index in [2.05, 4.69) is 21.6 Å². The van der Waals surface area contributed by atoms with E-state index in [-0.39, 0.29) is 11.8 Å². The molecule has 6 heteroatoms. The van der Waals surface area contributed by atoms with Crippen LogP contribution in [0.3, 0.4) is 0 Å². The van der Waals surface area contributed by atoms with E-state index in [1.165, 1.54) is 0 Å². The van der Waals surface area contributed by atoms with Crippen LogP contribution in [-0.4, -0.2) is 35.1 Å². The number of aryl methyl sites for hydroxylation is 2. The SMILES string of the molecule is Cc1cc(C)c(NC(=S)N2CCC[C@@H](C(=O)NC3CC3)C2)c(Cl)c1. The van der Waals surface area contributed by atoms with Crippen molar-refractivity contribution in [2.45, 2.75) is 45.6 Å². The average Bonchev–Trinajstić information content (AvgIpc) is 3.34. The molecular weight excluding hydrogens is 342 g/mol. The van der Waals surface area contributed by atoms with Crippen molar-refractivity contribution in [3.8, 4) is 0 Å². The van der Waals surface area contributed by atoms with E-state index in [9.17, 15) is 4.79 Å². The first kappa shape index (κ1) is 17.5. The molecule has 1 saturated carbocycles. The molecule has 1 amide bonds. The predicted molar refractivity (Wildman–Crippen MR) is 103 cm³/mol. The number of rotatable bonds is 3. The van der Waals surface area contributed by atoms with Crippen molar-refractivity contribution in [2.75, 3.05) is 18.4 Å². The van der Waals surface area contributed by atoms with Gasteiger partial charge in [0, 0.05) is 19.1 Å². The Hall–Kier alpha value is -1.33. The van der Waals surface area contributed by atoms with Crippen LogP contribution < -0.4 is 10.6 Å². The quantitative estimate of drug-likeness (QED) is 0.802. The van der Waals surface area contributed by atoms with Gasteiger partial charge in [-0.2, -0.15) is 0 Å². The van der Waals surface area contributed by atoms with Crippen molar-refractivity contribution < 1.29 is 4.79 Å². The molecule has 1 heterocycles. The van der Waals surface area contributed by atoms with Gasteiger partial charge in [-0.3, -0.25) is 4.79 Å². The summed E-state index contributed by atoms with van der Waals surface area (Å²) < 4.78 is 0. The van der Waals surface area contributed by atoms with E-state index in [4.69, 9.17) is 23.8 Å². The third-order valence-electron chi connectivity index (χ3n) is 4.67. The number of halogens is 1. The molecule has 0 spiro atoms. The van der Waals surface area contributed by atoms with Gasteiger partial charge in [-0.1, -0.05) is 17.7 Å². The lowest BCUT2D eigenvalue weighted by molar-refractivity contribution is -0.126. The number of benzene rings is 1. The zero-order chi connectivity index (χ0) is 17.3. The van der Waals surface area contributed by atoms with Crippen LogP contribution in [0.2, 0.25) is 5.02 Å². The second-order valence-corrected chi connectivity index (χ2v) is 7.73. The van der Waals surface area contributed by atoms with Crippen molar-refractivity contribution in [3.63, 3.8) is 0 Å². The lowest BCUT2D eigenvalue weighted by Gasteiger charge is -2.34. The number of carbonyl (C=O) groups is 1. The van der Waals surface area contributed by atoms with Crippen LogP contribution in [0, 0.1) is 19.8 Å². The van der Waals surface area contributed by atoms with Crippen LogP contribution in [-0.2, 0) is 4.79 Å². The number of thiocarbonyl (C=S) groups is 1. The molecule has 0 bridgehead atoms. The number of hydrogen-bond acceptors (Lipinski definition) is 2. The van der Waals surface area contributed by atoms with E-state index in [1.807, 2.05) is 19.9 Å². The minimum Gasteiger partial charge on any atom is -0.353 e. The zero-order valence-electron chi connectivity index (χ0n) is 14.2. The number of nitrogens with zero attached hydrogens (tertiary/aromatic N) is 1. The van der Waals surface area contributed by atoms with Gasteiger partial charge in [0.2, 0.25) is 5.91 Å². The third kappa shape index (κ3) is 4.19. The lowest BCUT2D eigenvalue weighted by Crippen LogP contribution is -2.47. The van der Waals surface area contributed by atoms with E-state index in [0.29, 0.717) is 22.7 Å². The van der Waals surface area contributed by atoms with Gasteiger partial charge in [0.15, 0.2) is 5.11 Å². The fraction of sp³-hybridized carbons (Fsp3) is 0.556. The summed E-state index contributed by atoms with van der Waals surface area (Å²) in [6.45, 7) is 5.59. The van der Waals surface area contributed by atoms with Crippen LogP contribution >= 0.6 is 23.8 Å². The van der Waals surface area contributed by atoms with E-state index in [0.717, 1.165) is 49.0 Å². The maximum atomic E-state index is 12.3. The highest BCUT2D eigenvalue weighted by Gasteiger charge is 2.31. The fourth-order valence-corrected chi connectivity index (χ4v) is 3.82. The summed E-state index contributed by atoms with van der Waals surface area (Å²) in [6.07, 6.45) is 4.15. The Bertz CT molecular complexity index is 637. The Morgan fingerprint density at radius 2 is 2.04 bits per heavy atom. The van der Waals surface area contributed by atoms with Crippen molar-refractivity contribution in [2.24, 2.45) is 5.92 Å². The summed E-state index contributed by atoms with van der Waals surface area (Å²) in [5, 5.41) is 7.71. The van der Waals surface area contributed by atoms with E-state index in [1.54, 1.807) is 0 Å². The van der Waals surface area contributed by atoms with Crippen LogP contribution in [0.25, 0.3) is 0 Å². The lowest BCUT2D eigenvalue weighted by atomic mass is 9.97. The van der Waals surface area contributed by atoms with Crippen LogP contribution in [0.4, 0.5) is 5.69 Å². The molecule has 0 unspecified atom stereocenters. The van der Waals surface area contributed by atoms with E-state index >= 15 is 0 Å². The van der Waals surface area contributed by atoms with Gasteiger partial charge >= 0.3 is 0 Å². The molecule has 2 N–H and O–H groups in total. The Kier molecular flexibility index (Phi) is 5.30. The standard InChI is InChI=1S/C18H24ClN3OS/c1-11-8-12(2)16(15(19)9-11)21-18(24)22-7-3-4-13(10-22)17(23)20-14-5-6-14/h8-9,13-14H,3-7,10H2,1-2H3,(H,20,23)(H,21,24)/t13-/m1/s1. The summed E-state index contributed by atoms with van der Waals surface area (Å²) >= 11 is 11.9. The Labute approximate surface area is 153 Å². The molecule has 1 aliphatic carbocycles. The topological polar surface area (TPSA) is 44.4 Å². The van der Waals surface area contributed by atoms with Crippen LogP contribution in [0.15, 0.2) is 12.1 Å². The van der Waals surface area contributed by atoms with Gasteiger partial charge < -0.3 is 15.5 Å². The van der Waals surface area contributed by atoms with Crippen LogP contribution in [0.1, 0.15) is 36.8 Å². The van der Waals surface area contributed by atoms with Gasteiger partial charge in [-0.25, -0.2) is 0 Å². The number of carbonyl (C=O) groups excluding carboxylic acids is 1. The minimum atomic E-state index is 0.0219. The van der Waals surface area contributed by atoms with Crippen molar-refractivity contribution in [3.05, 3.63) is 28.3 Å². The number of piperidine rings is 1. The van der Waals surface area contributed by atoms with Gasteiger partial charge in [-0.05, 0) is 68.9 Å². The number of nitrogens with one attached hydrogen (secondary N) is 2. The Morgan fingerprint density at radius 1 is 1.29 bits per heavy atom. The number of anilines is 1. The molecule has 3 rings (SSSR count). The number of likely N-dealkylation sites (tertiary alicyclic amines) is 1. The highest BCUT2D eigenvalue weighted by atomic mass is 35.5. The summed E-state index contributed by atoms with van der Waals surface area (Å²) in [5.74, 6) is 0.197. The van der Waals surface area contributed by atoms with Crippen molar-refractivity contribution >= 4 is 40.5 Å². The Morgan fingerprint density at radius 3 is 2.71 bits per heavy atom. The first-order chi connectivity index (χ1) is 11.4. The fourth-order valence-electron chi connectivity index (χ4n) is 3.18. The maximum absolute atomic E-state index is 12.3. The molecule has 1 saturated heterocycles. The third-order valence-corrected chi connectivity index (χ3v) is 5.33. The zero-order valence-corrected chi connectivity index (χ0v) is 15.8. The maximum Gasteiger partial charge on any atom is 0.225 e. The summed E-state index contributed by atoms with van der Waals surface area (Å²) in [4.78, 5) is 14.4. The molecule has 1 aromatic carbocycles. The van der Waals surface area contributed by atoms with Gasteiger partial charge in [0.25, 0.3) is 0 Å². The smallest absolute Gasteiger partial charge is 0.225 e. The summed E-state index contributed by atoms with van der Waals surface area (Å²) in [6, 6.07) is 4.42. The van der Waals surface area contributed by atoms with Gasteiger partial charge in [0.05, 0.1) is 16.6 Å². The van der Waals surface area contributed by atoms with Crippen molar-refractivity contribution in [1.29, 1.82) is 0 Å². The molecule has 1 aromatic rings.